The molecule has 3 rings (SSSR count). The fraction of sp³-hybridized carbons (Fsp3) is 0.804. The van der Waals surface area contributed by atoms with Crippen molar-refractivity contribution in [2.45, 2.75) is 209 Å². The van der Waals surface area contributed by atoms with Gasteiger partial charge in [-0.15, -0.1) is 0 Å². The van der Waals surface area contributed by atoms with Crippen molar-refractivity contribution in [1.29, 1.82) is 0 Å². The number of ether oxygens (including phenoxy) is 11. The minimum absolute atomic E-state index is 0.0557. The molecule has 0 bridgehead atoms. The van der Waals surface area contributed by atoms with Crippen LogP contribution >= 0.6 is 0 Å². The number of amides is 3. The van der Waals surface area contributed by atoms with Gasteiger partial charge in [-0.3, -0.25) is 4.79 Å². The molecule has 0 unspecified atom stereocenters. The van der Waals surface area contributed by atoms with Crippen molar-refractivity contribution < 1.29 is 81.2 Å². The van der Waals surface area contributed by atoms with E-state index in [1.54, 1.807) is 55.4 Å². The Morgan fingerprint density at radius 3 is 1.58 bits per heavy atom. The molecule has 71 heavy (non-hydrogen) atoms. The average molecular weight is 1010 g/mol. The van der Waals surface area contributed by atoms with Crippen molar-refractivity contribution in [3.63, 3.8) is 0 Å². The lowest BCUT2D eigenvalue weighted by atomic mass is 10.0. The van der Waals surface area contributed by atoms with Crippen molar-refractivity contribution in [2.75, 3.05) is 46.8 Å². The van der Waals surface area contributed by atoms with Crippen LogP contribution in [0.3, 0.4) is 0 Å². The van der Waals surface area contributed by atoms with Crippen molar-refractivity contribution >= 4 is 30.0 Å². The molecule has 20 nitrogen and oxygen atoms in total. The monoisotopic (exact) mass is 1010 g/mol. The minimum Gasteiger partial charge on any atom is -0.503 e. The van der Waals surface area contributed by atoms with E-state index in [9.17, 15) is 29.1 Å². The average Bonchev–Trinajstić information content (AvgIpc) is 3.31. The van der Waals surface area contributed by atoms with Crippen molar-refractivity contribution in [2.24, 2.45) is 11.8 Å². The zero-order chi connectivity index (χ0) is 54.2. The third-order valence-electron chi connectivity index (χ3n) is 11.0. The first-order valence-electron chi connectivity index (χ1n) is 24.7. The number of imide groups is 1. The van der Waals surface area contributed by atoms with Gasteiger partial charge in [0.2, 0.25) is 0 Å². The number of cyclic esters (lactones) is 2. The molecule has 8 atom stereocenters. The summed E-state index contributed by atoms with van der Waals surface area (Å²) in [5.74, 6) is -2.11. The second-order valence-electron chi connectivity index (χ2n) is 21.9. The molecule has 2 aliphatic heterocycles. The lowest BCUT2D eigenvalue weighted by molar-refractivity contribution is -0.189. The molecule has 2 N–H and O–H groups in total. The molecule has 20 heteroatoms. The first-order valence-corrected chi connectivity index (χ1v) is 24.7. The van der Waals surface area contributed by atoms with Gasteiger partial charge in [0, 0.05) is 25.5 Å². The summed E-state index contributed by atoms with van der Waals surface area (Å²) in [7, 11) is 1.36. The summed E-state index contributed by atoms with van der Waals surface area (Å²) >= 11 is 0. The summed E-state index contributed by atoms with van der Waals surface area (Å²) in [6, 6.07) is -1.14. The van der Waals surface area contributed by atoms with E-state index < -0.39 is 107 Å². The summed E-state index contributed by atoms with van der Waals surface area (Å²) in [5, 5.41) is 12.8. The first-order chi connectivity index (χ1) is 32.7. The number of methoxy groups -OCH3 is 1. The molecule has 1 aromatic rings. The zero-order valence-corrected chi connectivity index (χ0v) is 46.0. The SMILES string of the molecule is CCC(C)(C)O[C@H]1COC[C@H](N(C(=O)OC(C)(C)C)C(=O)OC(C)(C)C)C(=O)O[C@@H](C)[C@@H]1OCC(C)C.CCC(C)(C)O[C@H]1COC[C@H](NC(=O)c2nccc(OC)c2O)C(=O)O[C@@H](C)[C@@H]1OCC(C)C. The largest absolute Gasteiger partial charge is 0.503 e. The van der Waals surface area contributed by atoms with E-state index >= 15 is 0 Å². The summed E-state index contributed by atoms with van der Waals surface area (Å²) in [6.45, 7) is 34.0. The Labute approximate surface area is 422 Å². The molecule has 3 amide bonds. The molecule has 2 saturated heterocycles. The molecular formula is C51H87N3O17. The molecule has 0 aliphatic carbocycles. The molecule has 1 aromatic heterocycles. The van der Waals surface area contributed by atoms with Gasteiger partial charge in [-0.1, -0.05) is 41.5 Å². The van der Waals surface area contributed by atoms with Crippen LogP contribution in [0.4, 0.5) is 9.59 Å². The van der Waals surface area contributed by atoms with Crippen LogP contribution in [-0.2, 0) is 57.0 Å². The Balaban J connectivity index is 0.000000488. The Hall–Kier alpha value is -4.34. The number of aromatic nitrogens is 1. The lowest BCUT2D eigenvalue weighted by Gasteiger charge is -2.36. The van der Waals surface area contributed by atoms with E-state index in [0.717, 1.165) is 12.8 Å². The maximum absolute atomic E-state index is 13.4. The number of carbonyl (C=O) groups is 5. The Morgan fingerprint density at radius 1 is 0.732 bits per heavy atom. The van der Waals surface area contributed by atoms with Crippen molar-refractivity contribution in [3.8, 4) is 11.5 Å². The predicted octanol–water partition coefficient (Wildman–Crippen LogP) is 7.58. The highest BCUT2D eigenvalue weighted by molar-refractivity contribution is 5.98. The van der Waals surface area contributed by atoms with Crippen molar-refractivity contribution in [3.05, 3.63) is 18.0 Å². The van der Waals surface area contributed by atoms with Gasteiger partial charge in [0.15, 0.2) is 29.3 Å². The zero-order valence-electron chi connectivity index (χ0n) is 46.0. The normalized spacial score (nSPS) is 24.0. The second-order valence-corrected chi connectivity index (χ2v) is 21.9. The fourth-order valence-electron chi connectivity index (χ4n) is 6.70. The number of pyridine rings is 1. The number of rotatable bonds is 16. The summed E-state index contributed by atoms with van der Waals surface area (Å²) in [5.41, 5.74) is -3.04. The number of hydrogen-bond acceptors (Lipinski definition) is 18. The molecule has 408 valence electrons. The number of esters is 2. The van der Waals surface area contributed by atoms with E-state index in [2.05, 4.69) is 10.3 Å². The maximum Gasteiger partial charge on any atom is 0.420 e. The van der Waals surface area contributed by atoms with Crippen molar-refractivity contribution in [1.82, 2.24) is 15.2 Å². The van der Waals surface area contributed by atoms with E-state index in [1.807, 2.05) is 69.2 Å². The quantitative estimate of drug-likeness (QED) is 0.120. The number of hydrogen-bond donors (Lipinski definition) is 2. The molecule has 0 aromatic carbocycles. The summed E-state index contributed by atoms with van der Waals surface area (Å²) in [6.07, 6.45) is -2.90. The van der Waals surface area contributed by atoms with Gasteiger partial charge in [-0.05, 0) is 108 Å². The van der Waals surface area contributed by atoms with Crippen LogP contribution in [-0.4, -0.2) is 163 Å². The molecule has 0 saturated carbocycles. The van der Waals surface area contributed by atoms with Crippen LogP contribution in [0.1, 0.15) is 148 Å². The Kier molecular flexibility index (Phi) is 24.4. The van der Waals surface area contributed by atoms with Crippen LogP contribution in [0.2, 0.25) is 0 Å². The van der Waals surface area contributed by atoms with Gasteiger partial charge in [0.1, 0.15) is 47.8 Å². The third kappa shape index (κ3) is 21.3. The minimum atomic E-state index is -1.43. The second kappa shape index (κ2) is 27.6. The summed E-state index contributed by atoms with van der Waals surface area (Å²) in [4.78, 5) is 69.8. The number of aromatic hydroxyl groups is 1. The van der Waals surface area contributed by atoms with Gasteiger partial charge < -0.3 is 62.5 Å². The topological polar surface area (TPSA) is 235 Å². The molecular weight excluding hydrogens is 927 g/mol. The Morgan fingerprint density at radius 2 is 1.17 bits per heavy atom. The van der Waals surface area contributed by atoms with Crippen LogP contribution < -0.4 is 10.1 Å². The highest BCUT2D eigenvalue weighted by atomic mass is 16.6. The standard InChI is InChI=1S/C27H49NO9.C24H38N2O8/c1-13-27(11,12)35-20-16-32-15-19(22(29)34-18(4)21(20)33-14-17(2)3)28(23(30)36-25(5,6)7)24(31)37-26(8,9)10;1-8-24(5,6)34-18-13-31-12-16(23(29)33-15(4)21(18)32-11-14(2)3)26-22(28)19-20(27)17(30-7)9-10-25-19/h17-21H,13-16H2,1-12H3;9-10,14-16,18,21,27H,8,11-13H2,1-7H3,(H,26,28)/t18-,19-,20-,21-;15-,16-,18-,21-/m00/s1. The van der Waals surface area contributed by atoms with Gasteiger partial charge in [0.25, 0.3) is 5.91 Å². The van der Waals surface area contributed by atoms with E-state index in [-0.39, 0.29) is 49.7 Å². The van der Waals surface area contributed by atoms with Crippen LogP contribution in [0, 0.1) is 11.8 Å². The summed E-state index contributed by atoms with van der Waals surface area (Å²) < 4.78 is 63.9. The molecule has 2 aliphatic rings. The number of nitrogens with one attached hydrogen (secondary N) is 1. The molecule has 0 radical (unpaired) electrons. The highest BCUT2D eigenvalue weighted by Gasteiger charge is 2.45. The van der Waals surface area contributed by atoms with Crippen LogP contribution in [0.5, 0.6) is 11.5 Å². The highest BCUT2D eigenvalue weighted by Crippen LogP contribution is 2.29. The van der Waals surface area contributed by atoms with E-state index in [4.69, 9.17) is 52.1 Å². The molecule has 2 fully saturated rings. The lowest BCUT2D eigenvalue weighted by Crippen LogP contribution is -2.54. The van der Waals surface area contributed by atoms with Gasteiger partial charge in [0.05, 0.1) is 44.7 Å². The molecule has 3 heterocycles. The van der Waals surface area contributed by atoms with E-state index in [1.165, 1.54) is 19.4 Å². The Bertz CT molecular complexity index is 1830. The van der Waals surface area contributed by atoms with Crippen LogP contribution in [0.25, 0.3) is 0 Å². The smallest absolute Gasteiger partial charge is 0.420 e. The fourth-order valence-corrected chi connectivity index (χ4v) is 6.70. The van der Waals surface area contributed by atoms with Gasteiger partial charge >= 0.3 is 24.1 Å². The van der Waals surface area contributed by atoms with Crippen LogP contribution in [0.15, 0.2) is 12.3 Å². The van der Waals surface area contributed by atoms with E-state index in [0.29, 0.717) is 18.1 Å². The number of nitrogens with zero attached hydrogens (tertiary/aromatic N) is 2. The number of carbonyl (C=O) groups excluding carboxylic acids is 5. The molecule has 0 spiro atoms. The van der Waals surface area contributed by atoms with Gasteiger partial charge in [-0.25, -0.2) is 24.2 Å². The van der Waals surface area contributed by atoms with Gasteiger partial charge in [-0.2, -0.15) is 4.90 Å². The first kappa shape index (κ1) is 62.8. The maximum atomic E-state index is 13.4. The third-order valence-corrected chi connectivity index (χ3v) is 11.0. The predicted molar refractivity (Wildman–Crippen MR) is 262 cm³/mol.